The molecule has 0 spiro atoms. The molecule has 0 bridgehead atoms. The fraction of sp³-hybridized carbons (Fsp3) is 0.643. The van der Waals surface area contributed by atoms with E-state index in [1.807, 2.05) is 18.4 Å². The average molecular weight is 269 g/mol. The first kappa shape index (κ1) is 15.2. The van der Waals surface area contributed by atoms with Crippen LogP contribution in [0.15, 0.2) is 11.4 Å². The molecule has 0 aliphatic carbocycles. The maximum Gasteiger partial charge on any atom is 0.261 e. The first-order valence-electron chi connectivity index (χ1n) is 6.42. The van der Waals surface area contributed by atoms with Crippen LogP contribution in [-0.2, 0) is 6.42 Å². The van der Waals surface area contributed by atoms with E-state index in [4.69, 9.17) is 0 Å². The van der Waals surface area contributed by atoms with Gasteiger partial charge in [0.05, 0.1) is 10.5 Å². The number of thiophene rings is 1. The van der Waals surface area contributed by atoms with Gasteiger partial charge in [-0.15, -0.1) is 11.3 Å². The quantitative estimate of drug-likeness (QED) is 0.834. The molecule has 0 fully saturated rings. The molecule has 2 N–H and O–H groups in total. The minimum atomic E-state index is -0.840. The van der Waals surface area contributed by atoms with Gasteiger partial charge in [-0.2, -0.15) is 0 Å². The van der Waals surface area contributed by atoms with E-state index >= 15 is 0 Å². The van der Waals surface area contributed by atoms with E-state index in [1.54, 1.807) is 6.92 Å². The molecule has 0 aromatic carbocycles. The molecule has 1 rings (SSSR count). The molecule has 18 heavy (non-hydrogen) atoms. The third-order valence-corrected chi connectivity index (χ3v) is 3.77. The smallest absolute Gasteiger partial charge is 0.261 e. The van der Waals surface area contributed by atoms with Crippen molar-refractivity contribution in [2.24, 2.45) is 5.92 Å². The molecule has 1 heterocycles. The van der Waals surface area contributed by atoms with Crippen LogP contribution in [0.3, 0.4) is 0 Å². The van der Waals surface area contributed by atoms with Gasteiger partial charge in [0, 0.05) is 6.54 Å². The first-order valence-corrected chi connectivity index (χ1v) is 7.30. The number of aryl methyl sites for hydroxylation is 1. The second-order valence-electron chi connectivity index (χ2n) is 5.41. The third kappa shape index (κ3) is 4.42. The largest absolute Gasteiger partial charge is 0.388 e. The van der Waals surface area contributed by atoms with Gasteiger partial charge >= 0.3 is 0 Å². The number of amides is 1. The summed E-state index contributed by atoms with van der Waals surface area (Å²) >= 11 is 1.45. The Bertz CT molecular complexity index is 396. The van der Waals surface area contributed by atoms with Crippen molar-refractivity contribution in [3.63, 3.8) is 0 Å². The normalized spacial score (nSPS) is 14.6. The van der Waals surface area contributed by atoms with Gasteiger partial charge in [-0.05, 0) is 42.7 Å². The Kier molecular flexibility index (Phi) is 5.35. The predicted octanol–water partition coefficient (Wildman–Crippen LogP) is 2.84. The van der Waals surface area contributed by atoms with Gasteiger partial charge in [-0.3, -0.25) is 4.79 Å². The maximum atomic E-state index is 12.0. The fourth-order valence-electron chi connectivity index (χ4n) is 2.12. The highest BCUT2D eigenvalue weighted by Crippen LogP contribution is 2.18. The number of aliphatic hydroxyl groups is 1. The fourth-order valence-corrected chi connectivity index (χ4v) is 3.03. The molecule has 0 saturated heterocycles. The van der Waals surface area contributed by atoms with Crippen molar-refractivity contribution in [2.45, 2.75) is 46.1 Å². The summed E-state index contributed by atoms with van der Waals surface area (Å²) in [6.07, 6.45) is 1.53. The van der Waals surface area contributed by atoms with Crippen LogP contribution in [0.25, 0.3) is 0 Å². The molecule has 1 atom stereocenters. The van der Waals surface area contributed by atoms with Crippen LogP contribution >= 0.6 is 11.3 Å². The predicted molar refractivity (Wildman–Crippen MR) is 76.1 cm³/mol. The summed E-state index contributed by atoms with van der Waals surface area (Å²) in [7, 11) is 0. The van der Waals surface area contributed by atoms with E-state index in [1.165, 1.54) is 11.3 Å². The highest BCUT2D eigenvalue weighted by atomic mass is 32.1. The van der Waals surface area contributed by atoms with Crippen molar-refractivity contribution < 1.29 is 9.90 Å². The summed E-state index contributed by atoms with van der Waals surface area (Å²) < 4.78 is 0. The van der Waals surface area contributed by atoms with Crippen LogP contribution in [0.1, 0.15) is 49.4 Å². The Morgan fingerprint density at radius 2 is 2.22 bits per heavy atom. The highest BCUT2D eigenvalue weighted by Gasteiger charge is 2.23. The minimum Gasteiger partial charge on any atom is -0.388 e. The van der Waals surface area contributed by atoms with Crippen molar-refractivity contribution in [2.75, 3.05) is 6.54 Å². The maximum absolute atomic E-state index is 12.0. The summed E-state index contributed by atoms with van der Waals surface area (Å²) in [5, 5.41) is 14.9. The molecule has 0 radical (unpaired) electrons. The minimum absolute atomic E-state index is 0.0779. The van der Waals surface area contributed by atoms with Gasteiger partial charge in [0.15, 0.2) is 0 Å². The van der Waals surface area contributed by atoms with E-state index in [0.29, 0.717) is 18.9 Å². The van der Waals surface area contributed by atoms with Crippen LogP contribution in [-0.4, -0.2) is 23.2 Å². The van der Waals surface area contributed by atoms with Gasteiger partial charge < -0.3 is 10.4 Å². The van der Waals surface area contributed by atoms with Crippen LogP contribution in [0.2, 0.25) is 0 Å². The monoisotopic (exact) mass is 269 g/mol. The molecule has 4 heteroatoms. The van der Waals surface area contributed by atoms with Gasteiger partial charge in [-0.25, -0.2) is 0 Å². The second-order valence-corrected chi connectivity index (χ2v) is 6.32. The molecular formula is C14H23NO2S. The Balaban J connectivity index is 2.56. The average Bonchev–Trinajstić information content (AvgIpc) is 2.72. The Hall–Kier alpha value is -0.870. The summed E-state index contributed by atoms with van der Waals surface area (Å²) in [4.78, 5) is 12.8. The van der Waals surface area contributed by atoms with Crippen molar-refractivity contribution in [3.8, 4) is 0 Å². The van der Waals surface area contributed by atoms with Crippen molar-refractivity contribution in [1.29, 1.82) is 0 Å². The van der Waals surface area contributed by atoms with E-state index in [9.17, 15) is 9.90 Å². The van der Waals surface area contributed by atoms with Crippen LogP contribution in [0.4, 0.5) is 0 Å². The van der Waals surface area contributed by atoms with Crippen LogP contribution in [0.5, 0.6) is 0 Å². The van der Waals surface area contributed by atoms with E-state index in [-0.39, 0.29) is 5.91 Å². The lowest BCUT2D eigenvalue weighted by atomic mass is 9.94. The van der Waals surface area contributed by atoms with Gasteiger partial charge in [0.1, 0.15) is 0 Å². The molecule has 3 nitrogen and oxygen atoms in total. The van der Waals surface area contributed by atoms with Gasteiger partial charge in [0.25, 0.3) is 5.91 Å². The third-order valence-electron chi connectivity index (χ3n) is 2.81. The van der Waals surface area contributed by atoms with E-state index in [2.05, 4.69) is 19.2 Å². The lowest BCUT2D eigenvalue weighted by molar-refractivity contribution is 0.0369. The van der Waals surface area contributed by atoms with Crippen molar-refractivity contribution in [3.05, 3.63) is 21.9 Å². The second kappa shape index (κ2) is 6.34. The highest BCUT2D eigenvalue weighted by molar-refractivity contribution is 7.12. The molecule has 1 amide bonds. The molecule has 0 aliphatic rings. The summed E-state index contributed by atoms with van der Waals surface area (Å²) in [5.41, 5.74) is 0.231. The SMILES string of the molecule is CCc1ccsc1C(=O)NCC(C)(O)CC(C)C. The Labute approximate surface area is 113 Å². The van der Waals surface area contributed by atoms with Crippen LogP contribution < -0.4 is 5.32 Å². The molecule has 1 aromatic rings. The number of nitrogens with one attached hydrogen (secondary N) is 1. The van der Waals surface area contributed by atoms with E-state index in [0.717, 1.165) is 16.9 Å². The number of hydrogen-bond acceptors (Lipinski definition) is 3. The number of rotatable bonds is 6. The topological polar surface area (TPSA) is 49.3 Å². The van der Waals surface area contributed by atoms with Crippen LogP contribution in [0, 0.1) is 5.92 Å². The van der Waals surface area contributed by atoms with Gasteiger partial charge in [-0.1, -0.05) is 20.8 Å². The Morgan fingerprint density at radius 1 is 1.56 bits per heavy atom. The molecular weight excluding hydrogens is 246 g/mol. The lowest BCUT2D eigenvalue weighted by Gasteiger charge is -2.25. The Morgan fingerprint density at radius 3 is 2.78 bits per heavy atom. The number of hydrogen-bond donors (Lipinski definition) is 2. The summed E-state index contributed by atoms with van der Waals surface area (Å²) in [6, 6.07) is 1.98. The standard InChI is InChI=1S/C14H23NO2S/c1-5-11-6-7-18-12(11)13(16)15-9-14(4,17)8-10(2)3/h6-7,10,17H,5,8-9H2,1-4H3,(H,15,16). The molecule has 1 aromatic heterocycles. The molecule has 0 aliphatic heterocycles. The van der Waals surface area contributed by atoms with Gasteiger partial charge in [0.2, 0.25) is 0 Å². The summed E-state index contributed by atoms with van der Waals surface area (Å²) in [5.74, 6) is 0.329. The molecule has 0 saturated carbocycles. The zero-order valence-electron chi connectivity index (χ0n) is 11.6. The number of carbonyl (C=O) groups excluding carboxylic acids is 1. The zero-order valence-corrected chi connectivity index (χ0v) is 12.4. The lowest BCUT2D eigenvalue weighted by Crippen LogP contribution is -2.41. The van der Waals surface area contributed by atoms with Crippen molar-refractivity contribution >= 4 is 17.2 Å². The molecule has 102 valence electrons. The zero-order chi connectivity index (χ0) is 13.8. The summed E-state index contributed by atoms with van der Waals surface area (Å²) in [6.45, 7) is 8.22. The number of carbonyl (C=O) groups is 1. The van der Waals surface area contributed by atoms with Crippen molar-refractivity contribution in [1.82, 2.24) is 5.32 Å². The first-order chi connectivity index (χ1) is 8.35. The van der Waals surface area contributed by atoms with E-state index < -0.39 is 5.60 Å². The molecule has 1 unspecified atom stereocenters.